The summed E-state index contributed by atoms with van der Waals surface area (Å²) in [6.45, 7) is 2.42. The number of aldehydes is 1. The van der Waals surface area contributed by atoms with Gasteiger partial charge in [0, 0.05) is 6.54 Å². The number of carbonyl (C=O) groups is 2. The minimum Gasteiger partial charge on any atom is -0.496 e. The summed E-state index contributed by atoms with van der Waals surface area (Å²) < 4.78 is 5.20. The van der Waals surface area contributed by atoms with Gasteiger partial charge in [0.2, 0.25) is 6.29 Å². The van der Waals surface area contributed by atoms with Crippen molar-refractivity contribution in [1.29, 1.82) is 0 Å². The second kappa shape index (κ2) is 5.90. The van der Waals surface area contributed by atoms with Gasteiger partial charge in [-0.05, 0) is 25.0 Å². The van der Waals surface area contributed by atoms with E-state index in [1.54, 1.807) is 7.11 Å². The van der Waals surface area contributed by atoms with Crippen LogP contribution in [-0.4, -0.2) is 25.8 Å². The van der Waals surface area contributed by atoms with Crippen molar-refractivity contribution >= 4 is 12.2 Å². The molecule has 0 fully saturated rings. The number of carbonyl (C=O) groups excluding carboxylic acids is 2. The van der Waals surface area contributed by atoms with E-state index >= 15 is 0 Å². The maximum atomic E-state index is 10.7. The molecular weight excluding hydrogens is 206 g/mol. The maximum Gasteiger partial charge on any atom is 0.284 e. The van der Waals surface area contributed by atoms with Gasteiger partial charge in [-0.2, -0.15) is 0 Å². The molecule has 0 spiro atoms. The molecule has 0 aliphatic rings. The Morgan fingerprint density at radius 3 is 2.88 bits per heavy atom. The Hall–Kier alpha value is -1.84. The molecule has 4 heteroatoms. The highest BCUT2D eigenvalue weighted by Crippen LogP contribution is 2.19. The molecule has 0 aliphatic carbocycles. The molecule has 1 rings (SSSR count). The van der Waals surface area contributed by atoms with Gasteiger partial charge < -0.3 is 10.1 Å². The summed E-state index contributed by atoms with van der Waals surface area (Å²) in [7, 11) is 1.61. The van der Waals surface area contributed by atoms with E-state index in [9.17, 15) is 9.59 Å². The first-order chi connectivity index (χ1) is 7.67. The molecule has 0 saturated heterocycles. The number of hydrogen-bond acceptors (Lipinski definition) is 3. The van der Waals surface area contributed by atoms with E-state index in [1.807, 2.05) is 25.1 Å². The minimum absolute atomic E-state index is 0.271. The van der Waals surface area contributed by atoms with Gasteiger partial charge in [-0.1, -0.05) is 17.7 Å². The van der Waals surface area contributed by atoms with Gasteiger partial charge in [-0.3, -0.25) is 9.59 Å². The van der Waals surface area contributed by atoms with Crippen LogP contribution in [0.3, 0.4) is 0 Å². The lowest BCUT2D eigenvalue weighted by atomic mass is 10.1. The molecule has 0 aromatic heterocycles. The molecule has 0 radical (unpaired) electrons. The van der Waals surface area contributed by atoms with Crippen LogP contribution in [0.1, 0.15) is 11.1 Å². The molecule has 1 amide bonds. The van der Waals surface area contributed by atoms with Crippen LogP contribution in [0.4, 0.5) is 0 Å². The Morgan fingerprint density at radius 1 is 1.50 bits per heavy atom. The predicted octanol–water partition coefficient (Wildman–Crippen LogP) is 0.861. The van der Waals surface area contributed by atoms with E-state index in [0.29, 0.717) is 13.0 Å². The third kappa shape index (κ3) is 3.38. The molecule has 86 valence electrons. The highest BCUT2D eigenvalue weighted by atomic mass is 16.5. The molecular formula is C12H15NO3. The lowest BCUT2D eigenvalue weighted by Gasteiger charge is -2.09. The van der Waals surface area contributed by atoms with Gasteiger partial charge in [0.15, 0.2) is 0 Å². The van der Waals surface area contributed by atoms with Crippen LogP contribution >= 0.6 is 0 Å². The lowest BCUT2D eigenvalue weighted by Crippen LogP contribution is -2.26. The zero-order chi connectivity index (χ0) is 12.0. The molecule has 1 aromatic carbocycles. The molecule has 0 bridgehead atoms. The number of hydrogen-bond donors (Lipinski definition) is 1. The minimum atomic E-state index is -0.591. The molecule has 1 aromatic rings. The van der Waals surface area contributed by atoms with Gasteiger partial charge in [0.25, 0.3) is 5.91 Å². The number of rotatable bonds is 5. The van der Waals surface area contributed by atoms with Crippen molar-refractivity contribution in [2.45, 2.75) is 13.3 Å². The number of nitrogens with one attached hydrogen (secondary N) is 1. The number of benzene rings is 1. The van der Waals surface area contributed by atoms with Crippen LogP contribution < -0.4 is 10.1 Å². The van der Waals surface area contributed by atoms with Crippen LogP contribution in [0.15, 0.2) is 18.2 Å². The summed E-state index contributed by atoms with van der Waals surface area (Å²) >= 11 is 0. The molecule has 16 heavy (non-hydrogen) atoms. The van der Waals surface area contributed by atoms with Gasteiger partial charge in [0.1, 0.15) is 5.75 Å². The Bertz CT molecular complexity index is 388. The Balaban J connectivity index is 2.61. The van der Waals surface area contributed by atoms with Crippen LogP contribution in [0.25, 0.3) is 0 Å². The monoisotopic (exact) mass is 221 g/mol. The van der Waals surface area contributed by atoms with E-state index in [4.69, 9.17) is 4.74 Å². The fourth-order valence-electron chi connectivity index (χ4n) is 1.46. The lowest BCUT2D eigenvalue weighted by molar-refractivity contribution is -0.131. The smallest absolute Gasteiger partial charge is 0.284 e. The van der Waals surface area contributed by atoms with E-state index in [0.717, 1.165) is 16.9 Å². The van der Waals surface area contributed by atoms with Crippen LogP contribution in [0, 0.1) is 6.92 Å². The molecule has 0 heterocycles. The van der Waals surface area contributed by atoms with Gasteiger partial charge in [0.05, 0.1) is 7.11 Å². The van der Waals surface area contributed by atoms with Crippen LogP contribution in [-0.2, 0) is 16.0 Å². The van der Waals surface area contributed by atoms with Crippen molar-refractivity contribution in [2.75, 3.05) is 13.7 Å². The first-order valence-corrected chi connectivity index (χ1v) is 5.04. The molecule has 0 atom stereocenters. The Labute approximate surface area is 94.6 Å². The standard InChI is InChI=1S/C12H15NO3/c1-9-3-4-11(16-2)10(7-9)5-6-13-12(15)8-14/h3-4,7-8H,5-6H2,1-2H3,(H,13,15). The van der Waals surface area contributed by atoms with Crippen LogP contribution in [0.5, 0.6) is 5.75 Å². The fourth-order valence-corrected chi connectivity index (χ4v) is 1.46. The summed E-state index contributed by atoms with van der Waals surface area (Å²) in [5, 5.41) is 2.49. The maximum absolute atomic E-state index is 10.7. The first-order valence-electron chi connectivity index (χ1n) is 5.04. The number of methoxy groups -OCH3 is 1. The SMILES string of the molecule is COc1ccc(C)cc1CCNC(=O)C=O. The van der Waals surface area contributed by atoms with E-state index in [2.05, 4.69) is 5.32 Å². The summed E-state index contributed by atoms with van der Waals surface area (Å²) in [4.78, 5) is 20.8. The quantitative estimate of drug-likeness (QED) is 0.592. The van der Waals surface area contributed by atoms with Crippen molar-refractivity contribution in [3.8, 4) is 5.75 Å². The average Bonchev–Trinajstić information content (AvgIpc) is 2.29. The van der Waals surface area contributed by atoms with Crippen molar-refractivity contribution in [2.24, 2.45) is 0 Å². The van der Waals surface area contributed by atoms with Crippen molar-refractivity contribution in [3.63, 3.8) is 0 Å². The van der Waals surface area contributed by atoms with Gasteiger partial charge in [-0.15, -0.1) is 0 Å². The van der Waals surface area contributed by atoms with E-state index < -0.39 is 5.91 Å². The first kappa shape index (κ1) is 12.2. The van der Waals surface area contributed by atoms with Gasteiger partial charge in [-0.25, -0.2) is 0 Å². The van der Waals surface area contributed by atoms with Crippen LogP contribution in [0.2, 0.25) is 0 Å². The largest absolute Gasteiger partial charge is 0.496 e. The molecule has 0 aliphatic heterocycles. The summed E-state index contributed by atoms with van der Waals surface area (Å²) in [5.74, 6) is 0.206. The highest BCUT2D eigenvalue weighted by Gasteiger charge is 2.04. The third-order valence-corrected chi connectivity index (χ3v) is 2.24. The zero-order valence-corrected chi connectivity index (χ0v) is 9.45. The molecule has 0 unspecified atom stereocenters. The summed E-state index contributed by atoms with van der Waals surface area (Å²) in [6.07, 6.45) is 0.915. The van der Waals surface area contributed by atoms with E-state index in [-0.39, 0.29) is 6.29 Å². The van der Waals surface area contributed by atoms with Crippen molar-refractivity contribution in [1.82, 2.24) is 5.32 Å². The highest BCUT2D eigenvalue weighted by molar-refractivity contribution is 6.23. The predicted molar refractivity (Wildman–Crippen MR) is 60.5 cm³/mol. The van der Waals surface area contributed by atoms with E-state index in [1.165, 1.54) is 0 Å². The fraction of sp³-hybridized carbons (Fsp3) is 0.333. The summed E-state index contributed by atoms with van der Waals surface area (Å²) in [6, 6.07) is 5.87. The third-order valence-electron chi connectivity index (χ3n) is 2.24. The Kier molecular flexibility index (Phi) is 4.51. The Morgan fingerprint density at radius 2 is 2.25 bits per heavy atom. The topological polar surface area (TPSA) is 55.4 Å². The second-order valence-corrected chi connectivity index (χ2v) is 3.47. The molecule has 0 saturated carbocycles. The number of aryl methyl sites for hydroxylation is 1. The second-order valence-electron chi connectivity index (χ2n) is 3.47. The van der Waals surface area contributed by atoms with Crippen molar-refractivity contribution in [3.05, 3.63) is 29.3 Å². The summed E-state index contributed by atoms with van der Waals surface area (Å²) in [5.41, 5.74) is 2.16. The molecule has 4 nitrogen and oxygen atoms in total. The molecule has 1 N–H and O–H groups in total. The normalized spacial score (nSPS) is 9.62. The zero-order valence-electron chi connectivity index (χ0n) is 9.45. The van der Waals surface area contributed by atoms with Crippen molar-refractivity contribution < 1.29 is 14.3 Å². The van der Waals surface area contributed by atoms with Gasteiger partial charge >= 0.3 is 0 Å². The number of amides is 1. The number of ether oxygens (including phenoxy) is 1. The average molecular weight is 221 g/mol.